The van der Waals surface area contributed by atoms with Crippen molar-refractivity contribution in [1.82, 2.24) is 15.0 Å². The van der Waals surface area contributed by atoms with Crippen molar-refractivity contribution >= 4 is 5.91 Å². The molecule has 25 heavy (non-hydrogen) atoms. The molecule has 1 atom stereocenters. The third-order valence-electron chi connectivity index (χ3n) is 4.50. The quantitative estimate of drug-likeness (QED) is 0.736. The number of nitrogens with zero attached hydrogens (tertiary/aromatic N) is 3. The third kappa shape index (κ3) is 5.13. The van der Waals surface area contributed by atoms with E-state index in [1.165, 1.54) is 0 Å². The SMILES string of the molecule is CCN(C[C@@H]1CCOC1)C(=O)CCc1nc(Cc2ccccc2)no1. The minimum Gasteiger partial charge on any atom is -0.381 e. The lowest BCUT2D eigenvalue weighted by Gasteiger charge is -2.23. The molecule has 6 nitrogen and oxygen atoms in total. The summed E-state index contributed by atoms with van der Waals surface area (Å²) in [4.78, 5) is 18.7. The van der Waals surface area contributed by atoms with E-state index in [2.05, 4.69) is 10.1 Å². The molecule has 0 N–H and O–H groups in total. The first-order valence-corrected chi connectivity index (χ1v) is 8.95. The van der Waals surface area contributed by atoms with E-state index in [9.17, 15) is 4.79 Å². The fourth-order valence-corrected chi connectivity index (χ4v) is 3.06. The Morgan fingerprint density at radius 1 is 1.32 bits per heavy atom. The molecule has 3 rings (SSSR count). The van der Waals surface area contributed by atoms with Crippen molar-refractivity contribution in [3.05, 3.63) is 47.6 Å². The van der Waals surface area contributed by atoms with Gasteiger partial charge in [-0.05, 0) is 18.9 Å². The van der Waals surface area contributed by atoms with Gasteiger partial charge in [0.05, 0.1) is 6.61 Å². The van der Waals surface area contributed by atoms with E-state index >= 15 is 0 Å². The number of hydrogen-bond donors (Lipinski definition) is 0. The lowest BCUT2D eigenvalue weighted by molar-refractivity contribution is -0.131. The number of rotatable bonds is 8. The molecule has 134 valence electrons. The third-order valence-corrected chi connectivity index (χ3v) is 4.50. The highest BCUT2D eigenvalue weighted by atomic mass is 16.5. The lowest BCUT2D eigenvalue weighted by Crippen LogP contribution is -2.35. The van der Waals surface area contributed by atoms with E-state index < -0.39 is 0 Å². The molecule has 1 saturated heterocycles. The number of aromatic nitrogens is 2. The molecule has 6 heteroatoms. The Morgan fingerprint density at radius 2 is 2.16 bits per heavy atom. The molecule has 1 amide bonds. The van der Waals surface area contributed by atoms with Crippen LogP contribution in [-0.4, -0.2) is 47.3 Å². The first-order valence-electron chi connectivity index (χ1n) is 8.95. The zero-order valence-electron chi connectivity index (χ0n) is 14.7. The van der Waals surface area contributed by atoms with Gasteiger partial charge in [-0.3, -0.25) is 4.79 Å². The first-order chi connectivity index (χ1) is 12.2. The van der Waals surface area contributed by atoms with Gasteiger partial charge in [-0.2, -0.15) is 4.98 Å². The average Bonchev–Trinajstić information content (AvgIpc) is 3.30. The summed E-state index contributed by atoms with van der Waals surface area (Å²) >= 11 is 0. The molecular weight excluding hydrogens is 318 g/mol. The van der Waals surface area contributed by atoms with Gasteiger partial charge in [-0.1, -0.05) is 35.5 Å². The Hall–Kier alpha value is -2.21. The zero-order valence-corrected chi connectivity index (χ0v) is 14.7. The molecular formula is C19H25N3O3. The van der Waals surface area contributed by atoms with Crippen LogP contribution in [0.5, 0.6) is 0 Å². The number of benzene rings is 1. The summed E-state index contributed by atoms with van der Waals surface area (Å²) in [5.74, 6) is 1.78. The molecule has 1 aromatic carbocycles. The Balaban J connectivity index is 1.48. The summed E-state index contributed by atoms with van der Waals surface area (Å²) in [6.45, 7) is 5.08. The second-order valence-electron chi connectivity index (χ2n) is 6.43. The van der Waals surface area contributed by atoms with E-state index in [4.69, 9.17) is 9.26 Å². The second-order valence-corrected chi connectivity index (χ2v) is 6.43. The van der Waals surface area contributed by atoms with Crippen LogP contribution in [0.25, 0.3) is 0 Å². The maximum Gasteiger partial charge on any atom is 0.227 e. The highest BCUT2D eigenvalue weighted by Crippen LogP contribution is 2.15. The van der Waals surface area contributed by atoms with Crippen LogP contribution in [0.2, 0.25) is 0 Å². The molecule has 0 bridgehead atoms. The van der Waals surface area contributed by atoms with Crippen molar-refractivity contribution in [2.45, 2.75) is 32.6 Å². The van der Waals surface area contributed by atoms with Gasteiger partial charge in [-0.15, -0.1) is 0 Å². The number of amides is 1. The van der Waals surface area contributed by atoms with Gasteiger partial charge in [0, 0.05) is 44.9 Å². The van der Waals surface area contributed by atoms with Crippen molar-refractivity contribution in [3.63, 3.8) is 0 Å². The Morgan fingerprint density at radius 3 is 2.88 bits per heavy atom. The Labute approximate surface area is 148 Å². The van der Waals surface area contributed by atoms with Crippen molar-refractivity contribution < 1.29 is 14.1 Å². The summed E-state index contributed by atoms with van der Waals surface area (Å²) in [7, 11) is 0. The van der Waals surface area contributed by atoms with E-state index in [1.807, 2.05) is 42.2 Å². The smallest absolute Gasteiger partial charge is 0.227 e. The Bertz CT molecular complexity index is 666. The largest absolute Gasteiger partial charge is 0.381 e. The maximum atomic E-state index is 12.4. The van der Waals surface area contributed by atoms with Gasteiger partial charge >= 0.3 is 0 Å². The number of hydrogen-bond acceptors (Lipinski definition) is 5. The number of carbonyl (C=O) groups excluding carboxylic acids is 1. The molecule has 0 radical (unpaired) electrons. The van der Waals surface area contributed by atoms with E-state index in [0.29, 0.717) is 36.9 Å². The lowest BCUT2D eigenvalue weighted by atomic mass is 10.1. The number of ether oxygens (including phenoxy) is 1. The summed E-state index contributed by atoms with van der Waals surface area (Å²) < 4.78 is 10.7. The highest BCUT2D eigenvalue weighted by Gasteiger charge is 2.21. The van der Waals surface area contributed by atoms with Crippen LogP contribution in [0.3, 0.4) is 0 Å². The predicted molar refractivity (Wildman–Crippen MR) is 93.0 cm³/mol. The summed E-state index contributed by atoms with van der Waals surface area (Å²) in [6.07, 6.45) is 2.56. The molecule has 0 aliphatic carbocycles. The van der Waals surface area contributed by atoms with E-state index in [-0.39, 0.29) is 5.91 Å². The summed E-state index contributed by atoms with van der Waals surface area (Å²) in [5.41, 5.74) is 1.14. The van der Waals surface area contributed by atoms with Gasteiger partial charge in [0.25, 0.3) is 0 Å². The molecule has 2 heterocycles. The van der Waals surface area contributed by atoms with Crippen LogP contribution in [0.15, 0.2) is 34.9 Å². The van der Waals surface area contributed by atoms with Crippen LogP contribution < -0.4 is 0 Å². The second kappa shape index (κ2) is 8.76. The zero-order chi connectivity index (χ0) is 17.5. The molecule has 0 unspecified atom stereocenters. The fourth-order valence-electron chi connectivity index (χ4n) is 3.06. The van der Waals surface area contributed by atoms with Crippen molar-refractivity contribution in [2.75, 3.05) is 26.3 Å². The maximum absolute atomic E-state index is 12.4. The van der Waals surface area contributed by atoms with Gasteiger partial charge in [0.1, 0.15) is 0 Å². The predicted octanol–water partition coefficient (Wildman–Crippen LogP) is 2.48. The molecule has 0 saturated carbocycles. The van der Waals surface area contributed by atoms with E-state index in [1.54, 1.807) is 0 Å². The van der Waals surface area contributed by atoms with Crippen molar-refractivity contribution in [3.8, 4) is 0 Å². The molecule has 1 aromatic heterocycles. The van der Waals surface area contributed by atoms with Crippen LogP contribution in [0.4, 0.5) is 0 Å². The molecule has 0 spiro atoms. The minimum absolute atomic E-state index is 0.136. The van der Waals surface area contributed by atoms with Gasteiger partial charge < -0.3 is 14.2 Å². The first kappa shape index (κ1) is 17.6. The Kier molecular flexibility index (Phi) is 6.17. The van der Waals surface area contributed by atoms with Crippen LogP contribution in [0.1, 0.15) is 37.0 Å². The van der Waals surface area contributed by atoms with Crippen LogP contribution in [0, 0.1) is 5.92 Å². The molecule has 1 aliphatic rings. The minimum atomic E-state index is 0.136. The van der Waals surface area contributed by atoms with Crippen LogP contribution in [-0.2, 0) is 22.4 Å². The number of aryl methyl sites for hydroxylation is 1. The number of carbonyl (C=O) groups is 1. The van der Waals surface area contributed by atoms with E-state index in [0.717, 1.165) is 38.3 Å². The fraction of sp³-hybridized carbons (Fsp3) is 0.526. The standard InChI is InChI=1S/C19H25N3O3/c1-2-22(13-16-10-11-24-14-16)19(23)9-8-18-20-17(21-25-18)12-15-6-4-3-5-7-15/h3-7,16H,2,8-14H2,1H3/t16-/m0/s1. The summed E-state index contributed by atoms with van der Waals surface area (Å²) in [6, 6.07) is 10.0. The van der Waals surface area contributed by atoms with Crippen molar-refractivity contribution in [2.24, 2.45) is 5.92 Å². The summed E-state index contributed by atoms with van der Waals surface area (Å²) in [5, 5.41) is 4.01. The van der Waals surface area contributed by atoms with Gasteiger partial charge in [-0.25, -0.2) is 0 Å². The van der Waals surface area contributed by atoms with Gasteiger partial charge in [0.15, 0.2) is 5.82 Å². The normalized spacial score (nSPS) is 16.9. The highest BCUT2D eigenvalue weighted by molar-refractivity contribution is 5.76. The topological polar surface area (TPSA) is 68.5 Å². The molecule has 1 fully saturated rings. The molecule has 1 aliphatic heterocycles. The van der Waals surface area contributed by atoms with Crippen LogP contribution >= 0.6 is 0 Å². The van der Waals surface area contributed by atoms with Crippen molar-refractivity contribution in [1.29, 1.82) is 0 Å². The monoisotopic (exact) mass is 343 g/mol. The molecule has 2 aromatic rings. The average molecular weight is 343 g/mol. The van der Waals surface area contributed by atoms with Gasteiger partial charge in [0.2, 0.25) is 11.8 Å².